The summed E-state index contributed by atoms with van der Waals surface area (Å²) in [5, 5.41) is 0. The Morgan fingerprint density at radius 3 is 2.53 bits per heavy atom. The Morgan fingerprint density at radius 2 is 2.07 bits per heavy atom. The monoisotopic (exact) mass is 205 g/mol. The van der Waals surface area contributed by atoms with Gasteiger partial charge in [0.1, 0.15) is 6.10 Å². The molecular formula is C12H15NO2. The number of anilines is 1. The standard InChI is InChI=1S/C12H15NO2/c1-3-10-4-6-11(7-5-10)13-8-9(2)15-12(13)14/h4-7,9H,3,8H2,1-2H3. The van der Waals surface area contributed by atoms with Crippen molar-refractivity contribution >= 4 is 11.8 Å². The highest BCUT2D eigenvalue weighted by molar-refractivity contribution is 5.89. The number of ether oxygens (including phenoxy) is 1. The van der Waals surface area contributed by atoms with E-state index < -0.39 is 0 Å². The van der Waals surface area contributed by atoms with E-state index in [1.54, 1.807) is 4.90 Å². The van der Waals surface area contributed by atoms with E-state index in [0.717, 1.165) is 12.1 Å². The van der Waals surface area contributed by atoms with Gasteiger partial charge in [-0.2, -0.15) is 0 Å². The predicted octanol–water partition coefficient (Wildman–Crippen LogP) is 2.59. The van der Waals surface area contributed by atoms with Crippen LogP contribution in [-0.4, -0.2) is 18.7 Å². The minimum Gasteiger partial charge on any atom is -0.444 e. The topological polar surface area (TPSA) is 29.5 Å². The van der Waals surface area contributed by atoms with Crippen molar-refractivity contribution in [2.24, 2.45) is 0 Å². The summed E-state index contributed by atoms with van der Waals surface area (Å²) in [6.07, 6.45) is 0.760. The molecule has 0 bridgehead atoms. The van der Waals surface area contributed by atoms with Gasteiger partial charge in [0, 0.05) is 5.69 Å². The Balaban J connectivity index is 2.19. The molecule has 80 valence electrons. The molecule has 3 heteroatoms. The summed E-state index contributed by atoms with van der Waals surface area (Å²) in [7, 11) is 0. The second kappa shape index (κ2) is 3.93. The van der Waals surface area contributed by atoms with Crippen molar-refractivity contribution in [1.82, 2.24) is 0 Å². The Bertz CT molecular complexity index is 358. The number of carbonyl (C=O) groups is 1. The first-order valence-electron chi connectivity index (χ1n) is 5.28. The fourth-order valence-electron chi connectivity index (χ4n) is 1.73. The van der Waals surface area contributed by atoms with Gasteiger partial charge in [-0.15, -0.1) is 0 Å². The number of cyclic esters (lactones) is 1. The van der Waals surface area contributed by atoms with E-state index in [1.807, 2.05) is 31.2 Å². The third-order valence-corrected chi connectivity index (χ3v) is 2.62. The zero-order chi connectivity index (χ0) is 10.8. The van der Waals surface area contributed by atoms with Crippen molar-refractivity contribution in [3.05, 3.63) is 29.8 Å². The van der Waals surface area contributed by atoms with E-state index in [4.69, 9.17) is 4.74 Å². The molecule has 0 radical (unpaired) electrons. The lowest BCUT2D eigenvalue weighted by Crippen LogP contribution is -2.23. The molecule has 1 fully saturated rings. The van der Waals surface area contributed by atoms with E-state index in [2.05, 4.69) is 6.92 Å². The van der Waals surface area contributed by atoms with Crippen LogP contribution >= 0.6 is 0 Å². The minimum atomic E-state index is -0.244. The highest BCUT2D eigenvalue weighted by Crippen LogP contribution is 2.21. The molecule has 1 aliphatic heterocycles. The van der Waals surface area contributed by atoms with Crippen LogP contribution in [0.25, 0.3) is 0 Å². The number of nitrogens with zero attached hydrogens (tertiary/aromatic N) is 1. The molecule has 2 rings (SSSR count). The van der Waals surface area contributed by atoms with E-state index in [9.17, 15) is 4.79 Å². The number of hydrogen-bond donors (Lipinski definition) is 0. The molecule has 1 unspecified atom stereocenters. The SMILES string of the molecule is CCc1ccc(N2CC(C)OC2=O)cc1. The number of benzene rings is 1. The third-order valence-electron chi connectivity index (χ3n) is 2.62. The first-order chi connectivity index (χ1) is 7.20. The molecule has 0 spiro atoms. The summed E-state index contributed by atoms with van der Waals surface area (Å²) in [5.74, 6) is 0. The average molecular weight is 205 g/mol. The number of aryl methyl sites for hydroxylation is 1. The first kappa shape index (κ1) is 10.0. The molecule has 1 aliphatic rings. The zero-order valence-corrected chi connectivity index (χ0v) is 9.06. The fourth-order valence-corrected chi connectivity index (χ4v) is 1.73. The molecule has 15 heavy (non-hydrogen) atoms. The van der Waals surface area contributed by atoms with Gasteiger partial charge < -0.3 is 4.74 Å². The third kappa shape index (κ3) is 1.96. The van der Waals surface area contributed by atoms with Crippen LogP contribution in [-0.2, 0) is 11.2 Å². The van der Waals surface area contributed by atoms with Gasteiger partial charge >= 0.3 is 6.09 Å². The highest BCUT2D eigenvalue weighted by atomic mass is 16.6. The van der Waals surface area contributed by atoms with Crippen LogP contribution in [0, 0.1) is 0 Å². The van der Waals surface area contributed by atoms with Crippen LogP contribution in [0.15, 0.2) is 24.3 Å². The average Bonchev–Trinajstić information content (AvgIpc) is 2.58. The quantitative estimate of drug-likeness (QED) is 0.742. The predicted molar refractivity (Wildman–Crippen MR) is 59.1 cm³/mol. The van der Waals surface area contributed by atoms with Crippen LogP contribution in [0.1, 0.15) is 19.4 Å². The van der Waals surface area contributed by atoms with E-state index in [1.165, 1.54) is 5.56 Å². The van der Waals surface area contributed by atoms with Crippen LogP contribution < -0.4 is 4.90 Å². The Hall–Kier alpha value is -1.51. The number of hydrogen-bond acceptors (Lipinski definition) is 2. The van der Waals surface area contributed by atoms with Gasteiger partial charge in [0.25, 0.3) is 0 Å². The molecule has 1 aromatic carbocycles. The van der Waals surface area contributed by atoms with Gasteiger partial charge in [-0.05, 0) is 31.0 Å². The second-order valence-corrected chi connectivity index (χ2v) is 3.82. The summed E-state index contributed by atoms with van der Waals surface area (Å²) < 4.78 is 5.07. The smallest absolute Gasteiger partial charge is 0.414 e. The molecule has 0 N–H and O–H groups in total. The van der Waals surface area contributed by atoms with Crippen molar-refractivity contribution < 1.29 is 9.53 Å². The van der Waals surface area contributed by atoms with Crippen LogP contribution in [0.2, 0.25) is 0 Å². The lowest BCUT2D eigenvalue weighted by atomic mass is 10.1. The Kier molecular flexibility index (Phi) is 2.62. The van der Waals surface area contributed by atoms with Gasteiger partial charge in [0.05, 0.1) is 6.54 Å². The molecule has 3 nitrogen and oxygen atoms in total. The van der Waals surface area contributed by atoms with Gasteiger partial charge in [-0.3, -0.25) is 4.90 Å². The summed E-state index contributed by atoms with van der Waals surface area (Å²) in [6, 6.07) is 8.04. The number of rotatable bonds is 2. The largest absolute Gasteiger partial charge is 0.444 e. The molecule has 0 aliphatic carbocycles. The van der Waals surface area contributed by atoms with Crippen LogP contribution in [0.5, 0.6) is 0 Å². The maximum Gasteiger partial charge on any atom is 0.414 e. The summed E-state index contributed by atoms with van der Waals surface area (Å²) in [5.41, 5.74) is 2.20. The molecule has 1 aromatic rings. The Labute approximate surface area is 89.7 Å². The van der Waals surface area contributed by atoms with E-state index >= 15 is 0 Å². The van der Waals surface area contributed by atoms with Gasteiger partial charge in [0.2, 0.25) is 0 Å². The first-order valence-corrected chi connectivity index (χ1v) is 5.28. The summed E-state index contributed by atoms with van der Waals surface area (Å²) in [4.78, 5) is 13.1. The van der Waals surface area contributed by atoms with Crippen LogP contribution in [0.3, 0.4) is 0 Å². The summed E-state index contributed by atoms with van der Waals surface area (Å²) in [6.45, 7) is 4.66. The number of carbonyl (C=O) groups excluding carboxylic acids is 1. The van der Waals surface area contributed by atoms with Crippen LogP contribution in [0.4, 0.5) is 10.5 Å². The van der Waals surface area contributed by atoms with Crippen molar-refractivity contribution in [2.45, 2.75) is 26.4 Å². The van der Waals surface area contributed by atoms with E-state index in [0.29, 0.717) is 6.54 Å². The van der Waals surface area contributed by atoms with E-state index in [-0.39, 0.29) is 12.2 Å². The molecule has 1 amide bonds. The van der Waals surface area contributed by atoms with Crippen molar-refractivity contribution in [3.63, 3.8) is 0 Å². The molecule has 1 atom stereocenters. The van der Waals surface area contributed by atoms with Crippen molar-refractivity contribution in [1.29, 1.82) is 0 Å². The second-order valence-electron chi connectivity index (χ2n) is 3.82. The number of amides is 1. The molecule has 0 aromatic heterocycles. The lowest BCUT2D eigenvalue weighted by molar-refractivity contribution is 0.150. The van der Waals surface area contributed by atoms with Gasteiger partial charge in [-0.1, -0.05) is 19.1 Å². The molecule has 1 saturated heterocycles. The molecular weight excluding hydrogens is 190 g/mol. The fraction of sp³-hybridized carbons (Fsp3) is 0.417. The summed E-state index contributed by atoms with van der Waals surface area (Å²) >= 11 is 0. The Morgan fingerprint density at radius 1 is 1.40 bits per heavy atom. The lowest BCUT2D eigenvalue weighted by Gasteiger charge is -2.12. The maximum absolute atomic E-state index is 11.4. The van der Waals surface area contributed by atoms with Crippen molar-refractivity contribution in [2.75, 3.05) is 11.4 Å². The van der Waals surface area contributed by atoms with Gasteiger partial charge in [-0.25, -0.2) is 4.79 Å². The minimum absolute atomic E-state index is 0.0108. The maximum atomic E-state index is 11.4. The molecule has 0 saturated carbocycles. The van der Waals surface area contributed by atoms with Crippen molar-refractivity contribution in [3.8, 4) is 0 Å². The molecule has 1 heterocycles. The normalized spacial score (nSPS) is 20.5. The zero-order valence-electron chi connectivity index (χ0n) is 9.06. The van der Waals surface area contributed by atoms with Gasteiger partial charge in [0.15, 0.2) is 0 Å². The highest BCUT2D eigenvalue weighted by Gasteiger charge is 2.28.